The molecule has 1 saturated heterocycles. The normalized spacial score (nSPS) is 17.7. The fraction of sp³-hybridized carbons (Fsp3) is 0.318. The number of likely N-dealkylation sites (tertiary alicyclic amines) is 1. The average molecular weight is 387 g/mol. The SMILES string of the molecule is O=C(c1cncnc1)N1CCC2(CC1)OCCc1cnc(-c3ccccc3)nc12. The van der Waals surface area contributed by atoms with Gasteiger partial charge in [-0.1, -0.05) is 30.3 Å². The molecule has 0 bridgehead atoms. The minimum absolute atomic E-state index is 0.0378. The van der Waals surface area contributed by atoms with E-state index in [0.717, 1.165) is 23.2 Å². The van der Waals surface area contributed by atoms with Crippen molar-refractivity contribution in [3.8, 4) is 11.4 Å². The summed E-state index contributed by atoms with van der Waals surface area (Å²) in [5, 5.41) is 0. The Kier molecular flexibility index (Phi) is 4.52. The van der Waals surface area contributed by atoms with Gasteiger partial charge in [-0.05, 0) is 24.8 Å². The van der Waals surface area contributed by atoms with Crippen LogP contribution in [-0.4, -0.2) is 50.4 Å². The van der Waals surface area contributed by atoms with Crippen LogP contribution in [0.1, 0.15) is 34.5 Å². The molecule has 4 heterocycles. The minimum Gasteiger partial charge on any atom is -0.368 e. The third-order valence-electron chi connectivity index (χ3n) is 5.74. The van der Waals surface area contributed by atoms with E-state index < -0.39 is 5.60 Å². The number of hydrogen-bond donors (Lipinski definition) is 0. The number of rotatable bonds is 2. The summed E-state index contributed by atoms with van der Waals surface area (Å²) in [7, 11) is 0. The summed E-state index contributed by atoms with van der Waals surface area (Å²) in [5.41, 5.74) is 3.18. The molecule has 1 spiro atoms. The highest BCUT2D eigenvalue weighted by Crippen LogP contribution is 2.41. The summed E-state index contributed by atoms with van der Waals surface area (Å²) >= 11 is 0. The molecule has 1 amide bonds. The molecule has 2 aromatic heterocycles. The van der Waals surface area contributed by atoms with Crippen molar-refractivity contribution in [1.82, 2.24) is 24.8 Å². The van der Waals surface area contributed by atoms with Crippen LogP contribution in [0.15, 0.2) is 55.2 Å². The van der Waals surface area contributed by atoms with E-state index in [1.807, 2.05) is 41.4 Å². The van der Waals surface area contributed by atoms with Gasteiger partial charge in [-0.2, -0.15) is 0 Å². The van der Waals surface area contributed by atoms with Gasteiger partial charge in [0.25, 0.3) is 5.91 Å². The number of carbonyl (C=O) groups is 1. The van der Waals surface area contributed by atoms with Gasteiger partial charge in [0.2, 0.25) is 0 Å². The van der Waals surface area contributed by atoms with E-state index in [-0.39, 0.29) is 5.91 Å². The van der Waals surface area contributed by atoms with Crippen molar-refractivity contribution in [2.45, 2.75) is 24.9 Å². The van der Waals surface area contributed by atoms with Crippen molar-refractivity contribution in [1.29, 1.82) is 0 Å². The number of carbonyl (C=O) groups excluding carboxylic acids is 1. The highest BCUT2D eigenvalue weighted by molar-refractivity contribution is 5.93. The van der Waals surface area contributed by atoms with Gasteiger partial charge < -0.3 is 9.64 Å². The maximum atomic E-state index is 12.7. The van der Waals surface area contributed by atoms with Crippen molar-refractivity contribution in [3.05, 3.63) is 72.1 Å². The first-order valence-corrected chi connectivity index (χ1v) is 9.85. The van der Waals surface area contributed by atoms with E-state index in [2.05, 4.69) is 15.0 Å². The van der Waals surface area contributed by atoms with Gasteiger partial charge in [-0.3, -0.25) is 4.79 Å². The lowest BCUT2D eigenvalue weighted by atomic mass is 9.83. The zero-order chi connectivity index (χ0) is 19.7. The van der Waals surface area contributed by atoms with Gasteiger partial charge in [0, 0.05) is 37.2 Å². The Morgan fingerprint density at radius 3 is 2.55 bits per heavy atom. The molecule has 1 fully saturated rings. The molecule has 0 N–H and O–H groups in total. The van der Waals surface area contributed by atoms with E-state index in [1.54, 1.807) is 12.4 Å². The monoisotopic (exact) mass is 387 g/mol. The lowest BCUT2D eigenvalue weighted by Crippen LogP contribution is -2.49. The largest absolute Gasteiger partial charge is 0.368 e. The van der Waals surface area contributed by atoms with Gasteiger partial charge in [-0.15, -0.1) is 0 Å². The zero-order valence-electron chi connectivity index (χ0n) is 16.0. The predicted octanol–water partition coefficient (Wildman–Crippen LogP) is 2.64. The number of piperidine rings is 1. The molecule has 7 nitrogen and oxygen atoms in total. The maximum absolute atomic E-state index is 12.7. The van der Waals surface area contributed by atoms with Gasteiger partial charge in [-0.25, -0.2) is 19.9 Å². The molecule has 146 valence electrons. The number of amides is 1. The van der Waals surface area contributed by atoms with E-state index in [9.17, 15) is 4.79 Å². The number of nitrogens with zero attached hydrogens (tertiary/aromatic N) is 5. The molecule has 0 atom stereocenters. The molecule has 2 aliphatic rings. The summed E-state index contributed by atoms with van der Waals surface area (Å²) in [6.07, 6.45) is 8.73. The van der Waals surface area contributed by atoms with Gasteiger partial charge in [0.15, 0.2) is 5.82 Å². The smallest absolute Gasteiger partial charge is 0.256 e. The van der Waals surface area contributed by atoms with Gasteiger partial charge in [0.1, 0.15) is 11.9 Å². The number of hydrogen-bond acceptors (Lipinski definition) is 6. The van der Waals surface area contributed by atoms with E-state index >= 15 is 0 Å². The standard InChI is InChI=1S/C22H21N5O2/c28-21(18-12-23-15-24-13-18)27-9-7-22(8-10-27)19-17(6-11-29-22)14-25-20(26-19)16-4-2-1-3-5-16/h1-5,12-15H,6-11H2. The van der Waals surface area contributed by atoms with Crippen LogP contribution in [0, 0.1) is 0 Å². The molecule has 2 aliphatic heterocycles. The fourth-order valence-corrected chi connectivity index (χ4v) is 4.18. The van der Waals surface area contributed by atoms with Crippen molar-refractivity contribution >= 4 is 5.91 Å². The molecule has 29 heavy (non-hydrogen) atoms. The van der Waals surface area contributed by atoms with Crippen LogP contribution in [0.4, 0.5) is 0 Å². The van der Waals surface area contributed by atoms with Crippen LogP contribution >= 0.6 is 0 Å². The van der Waals surface area contributed by atoms with Crippen molar-refractivity contribution < 1.29 is 9.53 Å². The average Bonchev–Trinajstić information content (AvgIpc) is 2.80. The Bertz CT molecular complexity index is 1020. The van der Waals surface area contributed by atoms with E-state index in [4.69, 9.17) is 9.72 Å². The van der Waals surface area contributed by atoms with Crippen LogP contribution in [0.3, 0.4) is 0 Å². The zero-order valence-corrected chi connectivity index (χ0v) is 16.0. The Morgan fingerprint density at radius 1 is 1.03 bits per heavy atom. The molecule has 1 aromatic carbocycles. The second-order valence-corrected chi connectivity index (χ2v) is 7.45. The molecule has 7 heteroatoms. The Labute approximate surface area is 168 Å². The number of benzene rings is 1. The first kappa shape index (κ1) is 17.9. The number of ether oxygens (including phenoxy) is 1. The summed E-state index contributed by atoms with van der Waals surface area (Å²) in [6, 6.07) is 9.99. The molecule has 0 unspecified atom stereocenters. The lowest BCUT2D eigenvalue weighted by Gasteiger charge is -2.44. The highest BCUT2D eigenvalue weighted by atomic mass is 16.5. The minimum atomic E-state index is -0.454. The summed E-state index contributed by atoms with van der Waals surface area (Å²) < 4.78 is 6.30. The molecule has 3 aromatic rings. The lowest BCUT2D eigenvalue weighted by molar-refractivity contribution is -0.0967. The molecule has 0 saturated carbocycles. The van der Waals surface area contributed by atoms with Gasteiger partial charge in [0.05, 0.1) is 17.9 Å². The number of fused-ring (bicyclic) bond motifs is 2. The molecular weight excluding hydrogens is 366 g/mol. The Morgan fingerprint density at radius 2 is 1.79 bits per heavy atom. The Hall–Kier alpha value is -3.19. The van der Waals surface area contributed by atoms with Crippen LogP contribution in [0.5, 0.6) is 0 Å². The highest BCUT2D eigenvalue weighted by Gasteiger charge is 2.43. The van der Waals surface area contributed by atoms with Crippen molar-refractivity contribution in [2.24, 2.45) is 0 Å². The number of aromatic nitrogens is 4. The quantitative estimate of drug-likeness (QED) is 0.672. The fourth-order valence-electron chi connectivity index (χ4n) is 4.18. The molecular formula is C22H21N5O2. The van der Waals surface area contributed by atoms with Crippen LogP contribution < -0.4 is 0 Å². The third-order valence-corrected chi connectivity index (χ3v) is 5.74. The summed E-state index contributed by atoms with van der Waals surface area (Å²) in [4.78, 5) is 32.0. The van der Waals surface area contributed by atoms with Crippen LogP contribution in [0.25, 0.3) is 11.4 Å². The molecule has 0 radical (unpaired) electrons. The second kappa shape index (κ2) is 7.33. The first-order valence-electron chi connectivity index (χ1n) is 9.85. The van der Waals surface area contributed by atoms with Crippen LogP contribution in [0.2, 0.25) is 0 Å². The van der Waals surface area contributed by atoms with Crippen molar-refractivity contribution in [2.75, 3.05) is 19.7 Å². The van der Waals surface area contributed by atoms with Gasteiger partial charge >= 0.3 is 0 Å². The Balaban J connectivity index is 1.41. The molecule has 5 rings (SSSR count). The summed E-state index contributed by atoms with van der Waals surface area (Å²) in [6.45, 7) is 1.87. The van der Waals surface area contributed by atoms with Crippen LogP contribution in [-0.2, 0) is 16.8 Å². The molecule has 0 aliphatic carbocycles. The van der Waals surface area contributed by atoms with Crippen molar-refractivity contribution in [3.63, 3.8) is 0 Å². The first-order chi connectivity index (χ1) is 14.3. The van der Waals surface area contributed by atoms with E-state index in [1.165, 1.54) is 6.33 Å². The third kappa shape index (κ3) is 3.27. The maximum Gasteiger partial charge on any atom is 0.256 e. The predicted molar refractivity (Wildman–Crippen MR) is 106 cm³/mol. The van der Waals surface area contributed by atoms with E-state index in [0.29, 0.717) is 43.9 Å². The second-order valence-electron chi connectivity index (χ2n) is 7.45. The topological polar surface area (TPSA) is 81.1 Å². The summed E-state index contributed by atoms with van der Waals surface area (Å²) in [5.74, 6) is 0.679.